The van der Waals surface area contributed by atoms with Gasteiger partial charge in [0.25, 0.3) is 11.8 Å². The standard InChI is InChI=1S/C19H22N4O3/c1-3-4-10-21-18(25)14-9-11-20-17(12-14)19(26)23-16-7-5-15(6-8-16)22-13(2)24/h5-9,11-12H,3-4,10H2,1-2H3,(H,21,25)(H,22,24)(H,23,26). The van der Waals surface area contributed by atoms with Crippen molar-refractivity contribution in [3.8, 4) is 0 Å². The van der Waals surface area contributed by atoms with E-state index in [-0.39, 0.29) is 17.5 Å². The third kappa shape index (κ3) is 5.70. The Morgan fingerprint density at radius 1 is 0.962 bits per heavy atom. The molecule has 7 nitrogen and oxygen atoms in total. The molecule has 7 heteroatoms. The number of benzene rings is 1. The second-order valence-corrected chi connectivity index (χ2v) is 5.75. The fourth-order valence-electron chi connectivity index (χ4n) is 2.21. The Bertz CT molecular complexity index is 788. The quantitative estimate of drug-likeness (QED) is 0.666. The van der Waals surface area contributed by atoms with Crippen molar-refractivity contribution in [2.45, 2.75) is 26.7 Å². The van der Waals surface area contributed by atoms with Crippen LogP contribution in [0.1, 0.15) is 47.5 Å². The van der Waals surface area contributed by atoms with Gasteiger partial charge in [0.2, 0.25) is 5.91 Å². The van der Waals surface area contributed by atoms with Crippen molar-refractivity contribution in [3.05, 3.63) is 53.9 Å². The van der Waals surface area contributed by atoms with Gasteiger partial charge < -0.3 is 16.0 Å². The average Bonchev–Trinajstić information content (AvgIpc) is 2.63. The van der Waals surface area contributed by atoms with Crippen LogP contribution < -0.4 is 16.0 Å². The van der Waals surface area contributed by atoms with Crippen molar-refractivity contribution < 1.29 is 14.4 Å². The summed E-state index contributed by atoms with van der Waals surface area (Å²) in [4.78, 5) is 39.4. The molecular formula is C19H22N4O3. The first kappa shape index (κ1) is 19.1. The second kappa shape index (κ2) is 9.31. The van der Waals surface area contributed by atoms with E-state index in [0.717, 1.165) is 12.8 Å². The maximum atomic E-state index is 12.3. The lowest BCUT2D eigenvalue weighted by Gasteiger charge is -2.08. The molecule has 0 spiro atoms. The summed E-state index contributed by atoms with van der Waals surface area (Å²) >= 11 is 0. The topological polar surface area (TPSA) is 100 Å². The molecule has 3 N–H and O–H groups in total. The monoisotopic (exact) mass is 354 g/mol. The summed E-state index contributed by atoms with van der Waals surface area (Å²) in [6.45, 7) is 4.07. The zero-order valence-corrected chi connectivity index (χ0v) is 14.8. The Morgan fingerprint density at radius 2 is 1.62 bits per heavy atom. The Hall–Kier alpha value is -3.22. The lowest BCUT2D eigenvalue weighted by Crippen LogP contribution is -2.25. The zero-order valence-electron chi connectivity index (χ0n) is 14.8. The first-order valence-electron chi connectivity index (χ1n) is 8.43. The summed E-state index contributed by atoms with van der Waals surface area (Å²) < 4.78 is 0. The number of unbranched alkanes of at least 4 members (excludes halogenated alkanes) is 1. The maximum Gasteiger partial charge on any atom is 0.274 e. The summed E-state index contributed by atoms with van der Waals surface area (Å²) in [6.07, 6.45) is 3.33. The average molecular weight is 354 g/mol. The number of hydrogen-bond acceptors (Lipinski definition) is 4. The lowest BCUT2D eigenvalue weighted by molar-refractivity contribution is -0.114. The highest BCUT2D eigenvalue weighted by Crippen LogP contribution is 2.14. The van der Waals surface area contributed by atoms with Gasteiger partial charge in [0.1, 0.15) is 5.69 Å². The van der Waals surface area contributed by atoms with E-state index in [0.29, 0.717) is 23.5 Å². The van der Waals surface area contributed by atoms with Crippen molar-refractivity contribution in [1.29, 1.82) is 0 Å². The number of aromatic nitrogens is 1. The SMILES string of the molecule is CCCCNC(=O)c1ccnc(C(=O)Nc2ccc(NC(C)=O)cc2)c1. The third-order valence-corrected chi connectivity index (χ3v) is 3.53. The van der Waals surface area contributed by atoms with E-state index in [1.807, 2.05) is 6.92 Å². The molecule has 0 saturated carbocycles. The Labute approximate surface area is 152 Å². The summed E-state index contributed by atoms with van der Waals surface area (Å²) in [7, 11) is 0. The number of nitrogens with zero attached hydrogens (tertiary/aromatic N) is 1. The van der Waals surface area contributed by atoms with E-state index in [4.69, 9.17) is 0 Å². The van der Waals surface area contributed by atoms with Gasteiger partial charge in [-0.3, -0.25) is 19.4 Å². The molecule has 2 aromatic rings. The molecule has 0 fully saturated rings. The van der Waals surface area contributed by atoms with Gasteiger partial charge in [-0.2, -0.15) is 0 Å². The van der Waals surface area contributed by atoms with Crippen molar-refractivity contribution in [3.63, 3.8) is 0 Å². The highest BCUT2D eigenvalue weighted by Gasteiger charge is 2.12. The number of hydrogen-bond donors (Lipinski definition) is 3. The van der Waals surface area contributed by atoms with Gasteiger partial charge in [0, 0.05) is 36.6 Å². The number of carbonyl (C=O) groups excluding carboxylic acids is 3. The highest BCUT2D eigenvalue weighted by atomic mass is 16.2. The van der Waals surface area contributed by atoms with Gasteiger partial charge >= 0.3 is 0 Å². The van der Waals surface area contributed by atoms with E-state index in [2.05, 4.69) is 20.9 Å². The van der Waals surface area contributed by atoms with Crippen LogP contribution in [0.5, 0.6) is 0 Å². The number of pyridine rings is 1. The van der Waals surface area contributed by atoms with Crippen molar-refractivity contribution in [1.82, 2.24) is 10.3 Å². The molecule has 0 saturated heterocycles. The molecule has 1 aromatic carbocycles. The first-order chi connectivity index (χ1) is 12.5. The van der Waals surface area contributed by atoms with Crippen LogP contribution in [0, 0.1) is 0 Å². The maximum absolute atomic E-state index is 12.3. The van der Waals surface area contributed by atoms with Gasteiger partial charge in [-0.15, -0.1) is 0 Å². The van der Waals surface area contributed by atoms with Crippen molar-refractivity contribution in [2.75, 3.05) is 17.2 Å². The normalized spacial score (nSPS) is 10.1. The molecule has 0 radical (unpaired) electrons. The van der Waals surface area contributed by atoms with Crippen molar-refractivity contribution in [2.24, 2.45) is 0 Å². The van der Waals surface area contributed by atoms with Gasteiger partial charge in [0.05, 0.1) is 0 Å². The largest absolute Gasteiger partial charge is 0.352 e. The van der Waals surface area contributed by atoms with Crippen molar-refractivity contribution >= 4 is 29.1 Å². The lowest BCUT2D eigenvalue weighted by atomic mass is 10.2. The molecular weight excluding hydrogens is 332 g/mol. The van der Waals surface area contributed by atoms with Crippen LogP contribution in [0.15, 0.2) is 42.6 Å². The van der Waals surface area contributed by atoms with Gasteiger partial charge in [-0.05, 0) is 42.8 Å². The van der Waals surface area contributed by atoms with Crippen LogP contribution in [0.4, 0.5) is 11.4 Å². The zero-order chi connectivity index (χ0) is 18.9. The van der Waals surface area contributed by atoms with Gasteiger partial charge in [-0.25, -0.2) is 0 Å². The van der Waals surface area contributed by atoms with E-state index in [1.165, 1.54) is 19.2 Å². The summed E-state index contributed by atoms with van der Waals surface area (Å²) in [5.41, 5.74) is 1.74. The molecule has 1 heterocycles. The Kier molecular flexibility index (Phi) is 6.84. The molecule has 1 aromatic heterocycles. The number of nitrogens with one attached hydrogen (secondary N) is 3. The molecule has 0 aliphatic carbocycles. The van der Waals surface area contributed by atoms with E-state index >= 15 is 0 Å². The molecule has 0 aliphatic rings. The molecule has 26 heavy (non-hydrogen) atoms. The van der Waals surface area contributed by atoms with E-state index < -0.39 is 5.91 Å². The minimum atomic E-state index is -0.416. The number of carbonyl (C=O) groups is 3. The Morgan fingerprint density at radius 3 is 2.23 bits per heavy atom. The molecule has 0 bridgehead atoms. The predicted octanol–water partition coefficient (Wildman–Crippen LogP) is 2.82. The fourth-order valence-corrected chi connectivity index (χ4v) is 2.21. The van der Waals surface area contributed by atoms with Crippen LogP contribution in [-0.4, -0.2) is 29.3 Å². The molecule has 0 unspecified atom stereocenters. The molecule has 2 rings (SSSR count). The van der Waals surface area contributed by atoms with Crippen LogP contribution in [-0.2, 0) is 4.79 Å². The van der Waals surface area contributed by atoms with Crippen LogP contribution in [0.25, 0.3) is 0 Å². The fraction of sp³-hybridized carbons (Fsp3) is 0.263. The predicted molar refractivity (Wildman–Crippen MR) is 100 cm³/mol. The molecule has 0 atom stereocenters. The minimum absolute atomic E-state index is 0.152. The van der Waals surface area contributed by atoms with E-state index in [9.17, 15) is 14.4 Å². The van der Waals surface area contributed by atoms with Gasteiger partial charge in [-0.1, -0.05) is 13.3 Å². The van der Waals surface area contributed by atoms with Gasteiger partial charge in [0.15, 0.2) is 0 Å². The third-order valence-electron chi connectivity index (χ3n) is 3.53. The summed E-state index contributed by atoms with van der Waals surface area (Å²) in [5, 5.41) is 8.17. The van der Waals surface area contributed by atoms with Crippen LogP contribution in [0.2, 0.25) is 0 Å². The Balaban J connectivity index is 2.02. The molecule has 0 aliphatic heterocycles. The van der Waals surface area contributed by atoms with Crippen LogP contribution >= 0.6 is 0 Å². The molecule has 3 amide bonds. The summed E-state index contributed by atoms with van der Waals surface area (Å²) in [6, 6.07) is 9.74. The van der Waals surface area contributed by atoms with Crippen LogP contribution in [0.3, 0.4) is 0 Å². The molecule has 136 valence electrons. The second-order valence-electron chi connectivity index (χ2n) is 5.75. The summed E-state index contributed by atoms with van der Waals surface area (Å²) in [5.74, 6) is -0.810. The number of anilines is 2. The first-order valence-corrected chi connectivity index (χ1v) is 8.43. The smallest absolute Gasteiger partial charge is 0.274 e. The number of amides is 3. The minimum Gasteiger partial charge on any atom is -0.352 e. The highest BCUT2D eigenvalue weighted by molar-refractivity contribution is 6.04. The number of rotatable bonds is 7. The van der Waals surface area contributed by atoms with E-state index in [1.54, 1.807) is 30.3 Å².